The molecule has 0 aliphatic carbocycles. The lowest BCUT2D eigenvalue weighted by molar-refractivity contribution is -0.137. The van der Waals surface area contributed by atoms with Crippen LogP contribution in [-0.2, 0) is 27.5 Å². The number of halogens is 4. The monoisotopic (exact) mass is 605 g/mol. The number of amides is 1. The highest BCUT2D eigenvalue weighted by atomic mass is 32.2. The van der Waals surface area contributed by atoms with Gasteiger partial charge in [-0.05, 0) is 68.1 Å². The van der Waals surface area contributed by atoms with Crippen LogP contribution in [0.4, 0.5) is 17.6 Å². The standard InChI is InChI=1S/C29H27F4N3O5S/c1-17(2)35-16-20(18-8-10-21(11-9-18)29(31,32)33)13-19(28(35)38)15-34-27(37)24-6-4-12-36(24)42(39,40)26-14-22-23(30)5-3-7-25(22)41-26/h3,5,7-11,13-14,16-17,24H,4,6,12,15H2,1-2H3,(H,34,37)/t24-/m0/s1. The van der Waals surface area contributed by atoms with Crippen molar-refractivity contribution < 1.29 is 35.2 Å². The Morgan fingerprint density at radius 3 is 2.45 bits per heavy atom. The van der Waals surface area contributed by atoms with E-state index in [0.717, 1.165) is 22.5 Å². The fourth-order valence-electron chi connectivity index (χ4n) is 5.02. The van der Waals surface area contributed by atoms with Crippen LogP contribution >= 0.6 is 0 Å². The number of furan rings is 1. The van der Waals surface area contributed by atoms with E-state index >= 15 is 0 Å². The summed E-state index contributed by atoms with van der Waals surface area (Å²) >= 11 is 0. The molecule has 3 heterocycles. The predicted octanol–water partition coefficient (Wildman–Crippen LogP) is 5.47. The normalized spacial score (nSPS) is 16.4. The average Bonchev–Trinajstić information content (AvgIpc) is 3.61. The van der Waals surface area contributed by atoms with Gasteiger partial charge in [0.15, 0.2) is 0 Å². The largest absolute Gasteiger partial charge is 0.443 e. The van der Waals surface area contributed by atoms with E-state index in [-0.39, 0.29) is 42.1 Å². The van der Waals surface area contributed by atoms with Gasteiger partial charge in [0.1, 0.15) is 17.4 Å². The summed E-state index contributed by atoms with van der Waals surface area (Å²) in [6.07, 6.45) is -2.33. The highest BCUT2D eigenvalue weighted by Gasteiger charge is 2.41. The molecule has 0 unspecified atom stereocenters. The molecule has 0 saturated carbocycles. The van der Waals surface area contributed by atoms with Crippen molar-refractivity contribution in [2.45, 2.75) is 56.6 Å². The summed E-state index contributed by atoms with van der Waals surface area (Å²) in [5.41, 5.74) is -0.0533. The number of hydrogen-bond acceptors (Lipinski definition) is 5. The number of carbonyl (C=O) groups is 1. The fraction of sp³-hybridized carbons (Fsp3) is 0.310. The Bertz CT molecular complexity index is 1810. The number of rotatable bonds is 7. The Morgan fingerprint density at radius 2 is 1.81 bits per heavy atom. The summed E-state index contributed by atoms with van der Waals surface area (Å²) < 4.78 is 87.8. The summed E-state index contributed by atoms with van der Waals surface area (Å²) in [6, 6.07) is 9.74. The fourth-order valence-corrected chi connectivity index (χ4v) is 6.61. The molecule has 0 radical (unpaired) electrons. The number of nitrogens with one attached hydrogen (secondary N) is 1. The van der Waals surface area contributed by atoms with Gasteiger partial charge >= 0.3 is 6.18 Å². The zero-order chi connectivity index (χ0) is 30.4. The first-order valence-electron chi connectivity index (χ1n) is 13.2. The second kappa shape index (κ2) is 11.0. The zero-order valence-corrected chi connectivity index (χ0v) is 23.4. The lowest BCUT2D eigenvalue weighted by Crippen LogP contribution is -2.46. The molecule has 1 atom stereocenters. The number of pyridine rings is 1. The molecule has 2 aromatic carbocycles. The Labute approximate surface area is 238 Å². The molecule has 1 N–H and O–H groups in total. The molecule has 1 aliphatic rings. The van der Waals surface area contributed by atoms with Crippen LogP contribution in [0.15, 0.2) is 75.1 Å². The van der Waals surface area contributed by atoms with Crippen LogP contribution < -0.4 is 10.9 Å². The minimum Gasteiger partial charge on any atom is -0.443 e. The van der Waals surface area contributed by atoms with Crippen LogP contribution in [0.1, 0.15) is 43.9 Å². The summed E-state index contributed by atoms with van der Waals surface area (Å²) in [5, 5.41) is 2.17. The van der Waals surface area contributed by atoms with Crippen molar-refractivity contribution in [3.05, 3.63) is 88.1 Å². The van der Waals surface area contributed by atoms with Gasteiger partial charge in [-0.25, -0.2) is 12.8 Å². The summed E-state index contributed by atoms with van der Waals surface area (Å²) in [4.78, 5) is 26.4. The van der Waals surface area contributed by atoms with Crippen molar-refractivity contribution in [2.75, 3.05) is 6.54 Å². The van der Waals surface area contributed by atoms with Gasteiger partial charge in [0.05, 0.1) is 10.9 Å². The Balaban J connectivity index is 1.38. The van der Waals surface area contributed by atoms with Crippen molar-refractivity contribution >= 4 is 26.9 Å². The van der Waals surface area contributed by atoms with Crippen LogP contribution in [0.2, 0.25) is 0 Å². The van der Waals surface area contributed by atoms with E-state index < -0.39 is 50.2 Å². The topological polar surface area (TPSA) is 102 Å². The highest BCUT2D eigenvalue weighted by molar-refractivity contribution is 7.89. The molecule has 1 saturated heterocycles. The van der Waals surface area contributed by atoms with E-state index in [1.165, 1.54) is 41.0 Å². The molecular weight excluding hydrogens is 578 g/mol. The molecule has 222 valence electrons. The third kappa shape index (κ3) is 5.58. The molecule has 1 amide bonds. The van der Waals surface area contributed by atoms with E-state index in [1.807, 2.05) is 0 Å². The third-order valence-electron chi connectivity index (χ3n) is 7.23. The molecule has 42 heavy (non-hydrogen) atoms. The van der Waals surface area contributed by atoms with Gasteiger partial charge < -0.3 is 14.3 Å². The smallest absolute Gasteiger partial charge is 0.416 e. The van der Waals surface area contributed by atoms with Gasteiger partial charge in [-0.1, -0.05) is 18.2 Å². The van der Waals surface area contributed by atoms with Crippen molar-refractivity contribution in [2.24, 2.45) is 0 Å². The molecule has 4 aromatic rings. The number of sulfonamides is 1. The maximum Gasteiger partial charge on any atom is 0.416 e. The number of carbonyl (C=O) groups excluding carboxylic acids is 1. The molecular formula is C29H27F4N3O5S. The van der Waals surface area contributed by atoms with E-state index in [4.69, 9.17) is 4.42 Å². The van der Waals surface area contributed by atoms with Crippen LogP contribution in [0.25, 0.3) is 22.1 Å². The molecule has 1 aliphatic heterocycles. The lowest BCUT2D eigenvalue weighted by Gasteiger charge is -2.22. The number of hydrogen-bond donors (Lipinski definition) is 1. The second-order valence-corrected chi connectivity index (χ2v) is 12.2. The molecule has 5 rings (SSSR count). The second-order valence-electron chi connectivity index (χ2n) is 10.3. The molecule has 2 aromatic heterocycles. The molecule has 13 heteroatoms. The van der Waals surface area contributed by atoms with Crippen molar-refractivity contribution in [1.29, 1.82) is 0 Å². The lowest BCUT2D eigenvalue weighted by atomic mass is 10.0. The van der Waals surface area contributed by atoms with E-state index in [1.54, 1.807) is 20.0 Å². The molecule has 8 nitrogen and oxygen atoms in total. The molecule has 0 spiro atoms. The maximum absolute atomic E-state index is 14.1. The van der Waals surface area contributed by atoms with Gasteiger partial charge in [-0.15, -0.1) is 0 Å². The first kappa shape index (κ1) is 29.5. The van der Waals surface area contributed by atoms with Crippen LogP contribution in [0.3, 0.4) is 0 Å². The number of alkyl halides is 3. The first-order valence-corrected chi connectivity index (χ1v) is 14.6. The van der Waals surface area contributed by atoms with Crippen LogP contribution in [0, 0.1) is 5.82 Å². The number of benzene rings is 2. The number of aromatic nitrogens is 1. The summed E-state index contributed by atoms with van der Waals surface area (Å²) in [6.45, 7) is 3.35. The predicted molar refractivity (Wildman–Crippen MR) is 146 cm³/mol. The third-order valence-corrected chi connectivity index (χ3v) is 8.99. The Morgan fingerprint density at radius 1 is 1.10 bits per heavy atom. The van der Waals surface area contributed by atoms with Crippen molar-refractivity contribution in [1.82, 2.24) is 14.2 Å². The SMILES string of the molecule is CC(C)n1cc(-c2ccc(C(F)(F)F)cc2)cc(CNC(=O)[C@@H]2CCCN2S(=O)(=O)c2cc3c(F)cccc3o2)c1=O. The first-order chi connectivity index (χ1) is 19.8. The Kier molecular flexibility index (Phi) is 7.75. The van der Waals surface area contributed by atoms with Gasteiger partial charge in [0.2, 0.25) is 11.0 Å². The number of fused-ring (bicyclic) bond motifs is 1. The zero-order valence-electron chi connectivity index (χ0n) is 22.6. The maximum atomic E-state index is 14.1. The molecule has 0 bridgehead atoms. The summed E-state index contributed by atoms with van der Waals surface area (Å²) in [7, 11) is -4.28. The van der Waals surface area contributed by atoms with Gasteiger partial charge in [-0.3, -0.25) is 9.59 Å². The number of nitrogens with zero attached hydrogens (tertiary/aromatic N) is 2. The average molecular weight is 606 g/mol. The van der Waals surface area contributed by atoms with E-state index in [9.17, 15) is 35.6 Å². The van der Waals surface area contributed by atoms with E-state index in [0.29, 0.717) is 17.5 Å². The van der Waals surface area contributed by atoms with Crippen molar-refractivity contribution in [3.8, 4) is 11.1 Å². The highest BCUT2D eigenvalue weighted by Crippen LogP contribution is 2.32. The minimum absolute atomic E-state index is 0.00522. The Hall–Kier alpha value is -3.97. The van der Waals surface area contributed by atoms with Crippen molar-refractivity contribution in [3.63, 3.8) is 0 Å². The van der Waals surface area contributed by atoms with Gasteiger partial charge in [0, 0.05) is 37.0 Å². The van der Waals surface area contributed by atoms with Crippen LogP contribution in [-0.4, -0.2) is 35.8 Å². The van der Waals surface area contributed by atoms with Gasteiger partial charge in [0.25, 0.3) is 15.6 Å². The minimum atomic E-state index is -4.49. The quantitative estimate of drug-likeness (QED) is 0.282. The van der Waals surface area contributed by atoms with E-state index in [2.05, 4.69) is 5.32 Å². The van der Waals surface area contributed by atoms with Crippen LogP contribution in [0.5, 0.6) is 0 Å². The molecule has 1 fully saturated rings. The summed E-state index contributed by atoms with van der Waals surface area (Å²) in [5.74, 6) is -1.27. The van der Waals surface area contributed by atoms with Gasteiger partial charge in [-0.2, -0.15) is 17.5 Å².